The highest BCUT2D eigenvalue weighted by Gasteiger charge is 2.32. The van der Waals surface area contributed by atoms with Gasteiger partial charge in [-0.15, -0.1) is 0 Å². The van der Waals surface area contributed by atoms with Gasteiger partial charge in [0.05, 0.1) is 5.92 Å². The van der Waals surface area contributed by atoms with Gasteiger partial charge >= 0.3 is 0 Å². The molecular weight excluding hydrogens is 197 g/mol. The molecule has 0 spiro atoms. The quantitative estimate of drug-likeness (QED) is 0.425. The summed E-state index contributed by atoms with van der Waals surface area (Å²) in [5.41, 5.74) is 1.45. The average molecular weight is 207 g/mol. The Morgan fingerprint density at radius 1 is 1.53 bits per heavy atom. The Kier molecular flexibility index (Phi) is 2.49. The van der Waals surface area contributed by atoms with Gasteiger partial charge in [0.15, 0.2) is 13.1 Å². The molecule has 1 unspecified atom stereocenters. The first-order chi connectivity index (χ1) is 7.27. The lowest BCUT2D eigenvalue weighted by Crippen LogP contribution is -2.24. The summed E-state index contributed by atoms with van der Waals surface area (Å²) in [5.74, 6) is -0.993. The van der Waals surface area contributed by atoms with Crippen LogP contribution in [0.15, 0.2) is 24.3 Å². The van der Waals surface area contributed by atoms with Crippen LogP contribution < -0.4 is 4.90 Å². The van der Waals surface area contributed by atoms with Gasteiger partial charge in [0.25, 0.3) is 0 Å². The second-order valence-electron chi connectivity index (χ2n) is 3.47. The Bertz CT molecular complexity index is 405. The van der Waals surface area contributed by atoms with Crippen molar-refractivity contribution in [3.05, 3.63) is 29.8 Å². The Morgan fingerprint density at radius 3 is 2.93 bits per heavy atom. The van der Waals surface area contributed by atoms with E-state index in [4.69, 9.17) is 0 Å². The van der Waals surface area contributed by atoms with Crippen molar-refractivity contribution in [1.82, 2.24) is 0 Å². The molecular formula is C11H10FNO2. The summed E-state index contributed by atoms with van der Waals surface area (Å²) in [7, 11) is 0. The van der Waals surface area contributed by atoms with Crippen molar-refractivity contribution in [2.24, 2.45) is 0 Å². The van der Waals surface area contributed by atoms with Gasteiger partial charge in [-0.05, 0) is 11.6 Å². The minimum atomic E-state index is -0.639. The van der Waals surface area contributed by atoms with Gasteiger partial charge in [0.1, 0.15) is 0 Å². The van der Waals surface area contributed by atoms with Crippen molar-refractivity contribution in [1.29, 1.82) is 0 Å². The van der Waals surface area contributed by atoms with Crippen LogP contribution in [-0.2, 0) is 9.59 Å². The summed E-state index contributed by atoms with van der Waals surface area (Å²) in [6, 6.07) is 7.09. The third-order valence-electron chi connectivity index (χ3n) is 2.66. The summed E-state index contributed by atoms with van der Waals surface area (Å²) >= 11 is 0. The predicted octanol–water partition coefficient (Wildman–Crippen LogP) is 1.29. The molecule has 0 saturated heterocycles. The lowest BCUT2D eigenvalue weighted by molar-refractivity contribution is -0.130. The first kappa shape index (κ1) is 9.83. The summed E-state index contributed by atoms with van der Waals surface area (Å²) in [5, 5.41) is 0. The second kappa shape index (κ2) is 3.81. The number of carbonyl (C=O) groups is 2. The molecule has 0 amide bonds. The van der Waals surface area contributed by atoms with E-state index in [-0.39, 0.29) is 6.54 Å². The number of carbonyl (C=O) groups excluding carboxylic acids is 2. The number of fused-ring (bicyclic) bond motifs is 1. The molecule has 1 aliphatic rings. The maximum atomic E-state index is 12.6. The highest BCUT2D eigenvalue weighted by molar-refractivity contribution is 6.28. The zero-order valence-electron chi connectivity index (χ0n) is 8.02. The minimum absolute atomic E-state index is 0.257. The maximum absolute atomic E-state index is 12.6. The van der Waals surface area contributed by atoms with Crippen molar-refractivity contribution in [2.45, 2.75) is 5.92 Å². The molecule has 1 heterocycles. The first-order valence-corrected chi connectivity index (χ1v) is 4.66. The maximum Gasteiger partial charge on any atom is 0.204 e. The van der Waals surface area contributed by atoms with Gasteiger partial charge in [-0.3, -0.25) is 9.59 Å². The molecule has 0 aromatic heterocycles. The van der Waals surface area contributed by atoms with E-state index in [0.717, 1.165) is 5.56 Å². The molecule has 1 aliphatic heterocycles. The largest absolute Gasteiger partial charge is 0.343 e. The third-order valence-corrected chi connectivity index (χ3v) is 2.66. The smallest absolute Gasteiger partial charge is 0.204 e. The number of benzene rings is 1. The molecule has 0 aliphatic carbocycles. The molecule has 78 valence electrons. The number of alkyl halides is 1. The van der Waals surface area contributed by atoms with Crippen LogP contribution >= 0.6 is 0 Å². The molecule has 4 heteroatoms. The monoisotopic (exact) mass is 207 g/mol. The van der Waals surface area contributed by atoms with E-state index in [1.54, 1.807) is 24.3 Å². The van der Waals surface area contributed by atoms with E-state index in [9.17, 15) is 14.0 Å². The third kappa shape index (κ3) is 1.52. The second-order valence-corrected chi connectivity index (χ2v) is 3.47. The summed E-state index contributed by atoms with van der Waals surface area (Å²) in [4.78, 5) is 23.2. The number of Topliss-reactive ketones (excluding diaryl/α,β-unsaturated/α-hetero) is 1. The van der Waals surface area contributed by atoms with Crippen molar-refractivity contribution < 1.29 is 14.0 Å². The fourth-order valence-electron chi connectivity index (χ4n) is 1.93. The first-order valence-electron chi connectivity index (χ1n) is 4.66. The standard InChI is InChI=1S/C11H10FNO2/c12-7-13-5-9(11(15)6-14)8-3-1-2-4-10(8)13/h1-4,6,9H,5,7H2. The van der Waals surface area contributed by atoms with E-state index in [1.807, 2.05) is 0 Å². The summed E-state index contributed by atoms with van der Waals surface area (Å²) < 4.78 is 12.6. The van der Waals surface area contributed by atoms with Crippen LogP contribution in [0.2, 0.25) is 0 Å². The fourth-order valence-corrected chi connectivity index (χ4v) is 1.93. The Labute approximate surface area is 86.5 Å². The van der Waals surface area contributed by atoms with E-state index < -0.39 is 18.5 Å². The number of halogens is 1. The molecule has 3 nitrogen and oxygen atoms in total. The van der Waals surface area contributed by atoms with Crippen molar-refractivity contribution in [3.8, 4) is 0 Å². The molecule has 0 N–H and O–H groups in total. The number of para-hydroxylation sites is 1. The van der Waals surface area contributed by atoms with E-state index in [0.29, 0.717) is 12.0 Å². The zero-order chi connectivity index (χ0) is 10.8. The highest BCUT2D eigenvalue weighted by atomic mass is 19.1. The normalized spacial score (nSPS) is 18.7. The van der Waals surface area contributed by atoms with E-state index in [1.165, 1.54) is 4.90 Å². The summed E-state index contributed by atoms with van der Waals surface area (Å²) in [6.07, 6.45) is 0.309. The lowest BCUT2D eigenvalue weighted by atomic mass is 9.98. The van der Waals surface area contributed by atoms with Crippen LogP contribution in [0.25, 0.3) is 0 Å². The topological polar surface area (TPSA) is 37.4 Å². The molecule has 15 heavy (non-hydrogen) atoms. The Morgan fingerprint density at radius 2 is 2.27 bits per heavy atom. The van der Waals surface area contributed by atoms with Crippen LogP contribution in [0.3, 0.4) is 0 Å². The van der Waals surface area contributed by atoms with Crippen molar-refractivity contribution in [2.75, 3.05) is 18.2 Å². The molecule has 0 saturated carbocycles. The molecule has 1 atom stereocenters. The van der Waals surface area contributed by atoms with Crippen molar-refractivity contribution >= 4 is 17.8 Å². The predicted molar refractivity (Wildman–Crippen MR) is 53.6 cm³/mol. The van der Waals surface area contributed by atoms with Gasteiger partial charge < -0.3 is 4.90 Å². The molecule has 2 rings (SSSR count). The van der Waals surface area contributed by atoms with Crippen molar-refractivity contribution in [3.63, 3.8) is 0 Å². The van der Waals surface area contributed by atoms with Gasteiger partial charge in [-0.2, -0.15) is 0 Å². The van der Waals surface area contributed by atoms with Crippen LogP contribution in [0.5, 0.6) is 0 Å². The molecule has 1 aromatic rings. The van der Waals surface area contributed by atoms with Gasteiger partial charge in [-0.1, -0.05) is 18.2 Å². The molecule has 1 aromatic carbocycles. The van der Waals surface area contributed by atoms with E-state index >= 15 is 0 Å². The number of aldehydes is 1. The van der Waals surface area contributed by atoms with Crippen LogP contribution in [-0.4, -0.2) is 25.4 Å². The minimum Gasteiger partial charge on any atom is -0.343 e. The lowest BCUT2D eigenvalue weighted by Gasteiger charge is -2.13. The SMILES string of the molecule is O=CC(=O)C1CN(CF)c2ccccc21. The van der Waals surface area contributed by atoms with Crippen LogP contribution in [0.1, 0.15) is 11.5 Å². The molecule has 0 radical (unpaired) electrons. The van der Waals surface area contributed by atoms with E-state index in [2.05, 4.69) is 0 Å². The highest BCUT2D eigenvalue weighted by Crippen LogP contribution is 2.35. The number of rotatable bonds is 3. The average Bonchev–Trinajstić information content (AvgIpc) is 2.67. The molecule has 0 fully saturated rings. The number of anilines is 1. The summed E-state index contributed by atoms with van der Waals surface area (Å²) in [6.45, 7) is -0.382. The number of ketones is 1. The van der Waals surface area contributed by atoms with Gasteiger partial charge in [0.2, 0.25) is 5.78 Å². The fraction of sp³-hybridized carbons (Fsp3) is 0.273. The number of hydrogen-bond acceptors (Lipinski definition) is 3. The Hall–Kier alpha value is -1.71. The zero-order valence-corrected chi connectivity index (χ0v) is 8.02. The van der Waals surface area contributed by atoms with Gasteiger partial charge in [0, 0.05) is 12.2 Å². The van der Waals surface area contributed by atoms with Gasteiger partial charge in [-0.25, -0.2) is 4.39 Å². The van der Waals surface area contributed by atoms with Crippen LogP contribution in [0.4, 0.5) is 10.1 Å². The molecule has 0 bridgehead atoms. The number of hydrogen-bond donors (Lipinski definition) is 0. The number of nitrogens with zero attached hydrogens (tertiary/aromatic N) is 1. The van der Waals surface area contributed by atoms with Crippen LogP contribution in [0, 0.1) is 0 Å². The Balaban J connectivity index is 2.41.